The quantitative estimate of drug-likeness (QED) is 0.624. The lowest BCUT2D eigenvalue weighted by Gasteiger charge is -2.54. The fourth-order valence-electron chi connectivity index (χ4n) is 2.18. The molecule has 1 aliphatic carbocycles. The summed E-state index contributed by atoms with van der Waals surface area (Å²) < 4.78 is 5.64. The monoisotopic (exact) mass is 231 g/mol. The molecule has 4 heteroatoms. The Morgan fingerprint density at radius 2 is 1.94 bits per heavy atom. The Bertz CT molecular complexity index is 226. The maximum Gasteiger partial charge on any atom is 0.0655 e. The second kappa shape index (κ2) is 5.00. The summed E-state index contributed by atoms with van der Waals surface area (Å²) in [5, 5.41) is 21.8. The van der Waals surface area contributed by atoms with Crippen LogP contribution < -0.4 is 5.32 Å². The Morgan fingerprint density at radius 3 is 2.31 bits per heavy atom. The Hall–Kier alpha value is -0.160. The number of ether oxygens (including phenoxy) is 1. The zero-order valence-corrected chi connectivity index (χ0v) is 10.8. The highest BCUT2D eigenvalue weighted by Crippen LogP contribution is 2.43. The van der Waals surface area contributed by atoms with Crippen LogP contribution in [-0.4, -0.2) is 47.7 Å². The molecule has 2 atom stereocenters. The number of rotatable bonds is 6. The van der Waals surface area contributed by atoms with E-state index in [1.807, 2.05) is 13.8 Å². The molecule has 0 heterocycles. The molecular formula is C12H25NO3. The summed E-state index contributed by atoms with van der Waals surface area (Å²) in [6, 6.07) is 0.286. The van der Waals surface area contributed by atoms with Gasteiger partial charge in [-0.2, -0.15) is 0 Å². The molecule has 0 spiro atoms. The SMILES string of the molecule is CCOC1CC(NC(C)(CO)CO)C1(C)C. The molecule has 0 radical (unpaired) electrons. The first-order valence-electron chi connectivity index (χ1n) is 6.00. The Kier molecular flexibility index (Phi) is 4.35. The van der Waals surface area contributed by atoms with E-state index in [2.05, 4.69) is 19.2 Å². The highest BCUT2D eigenvalue weighted by atomic mass is 16.5. The summed E-state index contributed by atoms with van der Waals surface area (Å²) in [6.07, 6.45) is 1.22. The summed E-state index contributed by atoms with van der Waals surface area (Å²) in [6.45, 7) is 8.76. The Balaban J connectivity index is 2.53. The van der Waals surface area contributed by atoms with Crippen molar-refractivity contribution in [2.75, 3.05) is 19.8 Å². The third-order valence-corrected chi connectivity index (χ3v) is 3.77. The van der Waals surface area contributed by atoms with E-state index in [1.54, 1.807) is 0 Å². The van der Waals surface area contributed by atoms with Crippen molar-refractivity contribution < 1.29 is 14.9 Å². The fourth-order valence-corrected chi connectivity index (χ4v) is 2.18. The van der Waals surface area contributed by atoms with Gasteiger partial charge in [-0.1, -0.05) is 13.8 Å². The van der Waals surface area contributed by atoms with Gasteiger partial charge in [-0.3, -0.25) is 0 Å². The first-order valence-corrected chi connectivity index (χ1v) is 6.00. The van der Waals surface area contributed by atoms with Gasteiger partial charge in [0.05, 0.1) is 24.9 Å². The van der Waals surface area contributed by atoms with Gasteiger partial charge in [0.25, 0.3) is 0 Å². The van der Waals surface area contributed by atoms with Crippen molar-refractivity contribution in [3.63, 3.8) is 0 Å². The second-order valence-electron chi connectivity index (χ2n) is 5.57. The van der Waals surface area contributed by atoms with Gasteiger partial charge in [0.2, 0.25) is 0 Å². The van der Waals surface area contributed by atoms with E-state index in [0.29, 0.717) is 0 Å². The van der Waals surface area contributed by atoms with Crippen molar-refractivity contribution in [1.29, 1.82) is 0 Å². The number of aliphatic hydroxyl groups is 2. The Labute approximate surface area is 98.0 Å². The first-order chi connectivity index (χ1) is 7.39. The number of hydrogen-bond acceptors (Lipinski definition) is 4. The summed E-state index contributed by atoms with van der Waals surface area (Å²) in [4.78, 5) is 0. The zero-order chi connectivity index (χ0) is 12.4. The highest BCUT2D eigenvalue weighted by Gasteiger charge is 2.50. The summed E-state index contributed by atoms with van der Waals surface area (Å²) in [5.74, 6) is 0. The molecule has 0 amide bonds. The molecule has 1 fully saturated rings. The molecule has 1 saturated carbocycles. The van der Waals surface area contributed by atoms with Crippen molar-refractivity contribution in [2.45, 2.75) is 51.8 Å². The molecule has 3 N–H and O–H groups in total. The summed E-state index contributed by atoms with van der Waals surface area (Å²) in [5.41, 5.74) is -0.541. The third-order valence-electron chi connectivity index (χ3n) is 3.77. The molecule has 0 saturated heterocycles. The third kappa shape index (κ3) is 2.56. The lowest BCUT2D eigenvalue weighted by Crippen LogP contribution is -2.67. The molecule has 96 valence electrons. The predicted molar refractivity (Wildman–Crippen MR) is 63.3 cm³/mol. The standard InChI is InChI=1S/C12H25NO3/c1-5-16-10-6-9(11(10,2)3)13-12(4,7-14)8-15/h9-10,13-15H,5-8H2,1-4H3. The van der Waals surface area contributed by atoms with E-state index in [-0.39, 0.29) is 30.8 Å². The van der Waals surface area contributed by atoms with Crippen LogP contribution in [0.25, 0.3) is 0 Å². The molecule has 16 heavy (non-hydrogen) atoms. The maximum atomic E-state index is 9.24. The van der Waals surface area contributed by atoms with E-state index in [0.717, 1.165) is 13.0 Å². The van der Waals surface area contributed by atoms with Crippen LogP contribution in [0.4, 0.5) is 0 Å². The average Bonchev–Trinajstić information content (AvgIpc) is 2.27. The van der Waals surface area contributed by atoms with Crippen LogP contribution in [0.15, 0.2) is 0 Å². The van der Waals surface area contributed by atoms with E-state index >= 15 is 0 Å². The van der Waals surface area contributed by atoms with Crippen LogP contribution in [-0.2, 0) is 4.74 Å². The van der Waals surface area contributed by atoms with Gasteiger partial charge < -0.3 is 20.3 Å². The van der Waals surface area contributed by atoms with E-state index in [1.165, 1.54) is 0 Å². The Morgan fingerprint density at radius 1 is 1.38 bits per heavy atom. The molecule has 2 unspecified atom stereocenters. The van der Waals surface area contributed by atoms with Gasteiger partial charge in [-0.15, -0.1) is 0 Å². The largest absolute Gasteiger partial charge is 0.394 e. The van der Waals surface area contributed by atoms with Crippen LogP contribution >= 0.6 is 0 Å². The molecule has 0 bridgehead atoms. The van der Waals surface area contributed by atoms with E-state index in [4.69, 9.17) is 4.74 Å². The molecule has 0 aromatic rings. The van der Waals surface area contributed by atoms with Crippen LogP contribution in [0.2, 0.25) is 0 Å². The average molecular weight is 231 g/mol. The van der Waals surface area contributed by atoms with Crippen LogP contribution in [0, 0.1) is 5.41 Å². The van der Waals surface area contributed by atoms with Gasteiger partial charge in [-0.05, 0) is 20.3 Å². The van der Waals surface area contributed by atoms with Gasteiger partial charge in [-0.25, -0.2) is 0 Å². The normalized spacial score (nSPS) is 28.9. The highest BCUT2D eigenvalue weighted by molar-refractivity contribution is 5.05. The fraction of sp³-hybridized carbons (Fsp3) is 1.00. The minimum absolute atomic E-state index is 0.0572. The number of aliphatic hydroxyl groups excluding tert-OH is 2. The van der Waals surface area contributed by atoms with Crippen LogP contribution in [0.1, 0.15) is 34.1 Å². The summed E-state index contributed by atoms with van der Waals surface area (Å²) in [7, 11) is 0. The number of hydrogen-bond donors (Lipinski definition) is 3. The van der Waals surface area contributed by atoms with Gasteiger partial charge in [0.1, 0.15) is 0 Å². The first kappa shape index (κ1) is 13.9. The lowest BCUT2D eigenvalue weighted by atomic mass is 9.64. The van der Waals surface area contributed by atoms with Crippen LogP contribution in [0.3, 0.4) is 0 Å². The van der Waals surface area contributed by atoms with Crippen molar-refractivity contribution in [2.24, 2.45) is 5.41 Å². The molecule has 1 aliphatic rings. The van der Waals surface area contributed by atoms with Crippen molar-refractivity contribution in [1.82, 2.24) is 5.32 Å². The van der Waals surface area contributed by atoms with Crippen molar-refractivity contribution >= 4 is 0 Å². The van der Waals surface area contributed by atoms with Crippen molar-refractivity contribution in [3.8, 4) is 0 Å². The summed E-state index contributed by atoms with van der Waals surface area (Å²) >= 11 is 0. The lowest BCUT2D eigenvalue weighted by molar-refractivity contribution is -0.124. The van der Waals surface area contributed by atoms with E-state index < -0.39 is 5.54 Å². The zero-order valence-electron chi connectivity index (χ0n) is 10.8. The van der Waals surface area contributed by atoms with Crippen molar-refractivity contribution in [3.05, 3.63) is 0 Å². The number of nitrogens with one attached hydrogen (secondary N) is 1. The smallest absolute Gasteiger partial charge is 0.0655 e. The molecule has 1 rings (SSSR count). The molecule has 0 aromatic carbocycles. The molecule has 4 nitrogen and oxygen atoms in total. The minimum atomic E-state index is -0.598. The maximum absolute atomic E-state index is 9.24. The molecule has 0 aliphatic heterocycles. The van der Waals surface area contributed by atoms with Crippen LogP contribution in [0.5, 0.6) is 0 Å². The van der Waals surface area contributed by atoms with Gasteiger partial charge in [0.15, 0.2) is 0 Å². The van der Waals surface area contributed by atoms with Gasteiger partial charge >= 0.3 is 0 Å². The van der Waals surface area contributed by atoms with E-state index in [9.17, 15) is 10.2 Å². The molecular weight excluding hydrogens is 206 g/mol. The predicted octanol–water partition coefficient (Wildman–Crippen LogP) is 0.523. The molecule has 0 aromatic heterocycles. The van der Waals surface area contributed by atoms with Gasteiger partial charge in [0, 0.05) is 18.1 Å². The second-order valence-corrected chi connectivity index (χ2v) is 5.57. The topological polar surface area (TPSA) is 61.7 Å². The minimum Gasteiger partial charge on any atom is -0.394 e.